The second-order valence-electron chi connectivity index (χ2n) is 4.03. The Labute approximate surface area is 105 Å². The molecule has 7 heteroatoms. The van der Waals surface area contributed by atoms with Gasteiger partial charge in [0.15, 0.2) is 15.7 Å². The number of rotatable bonds is 3. The lowest BCUT2D eigenvalue weighted by atomic mass is 10.2. The molecular formula is C11H14N4O2S. The SMILES string of the molecule is Cc1ccc(CN)c(-n2cc(S(C)(=O)=O)cn2)n1. The maximum Gasteiger partial charge on any atom is 0.178 e. The van der Waals surface area contributed by atoms with E-state index in [-0.39, 0.29) is 4.90 Å². The fourth-order valence-corrected chi connectivity index (χ4v) is 2.07. The molecule has 0 aliphatic carbocycles. The number of nitrogens with two attached hydrogens (primary N) is 1. The van der Waals surface area contributed by atoms with Crippen LogP contribution < -0.4 is 5.73 Å². The first kappa shape index (κ1) is 12.7. The Morgan fingerprint density at radius 3 is 2.67 bits per heavy atom. The number of sulfone groups is 1. The molecule has 0 amide bonds. The third kappa shape index (κ3) is 2.41. The molecule has 2 aromatic rings. The van der Waals surface area contributed by atoms with Crippen LogP contribution in [0.15, 0.2) is 29.4 Å². The van der Waals surface area contributed by atoms with E-state index >= 15 is 0 Å². The van der Waals surface area contributed by atoms with Crippen molar-refractivity contribution in [1.82, 2.24) is 14.8 Å². The summed E-state index contributed by atoms with van der Waals surface area (Å²) in [7, 11) is -3.26. The summed E-state index contributed by atoms with van der Waals surface area (Å²) < 4.78 is 24.2. The van der Waals surface area contributed by atoms with Crippen LogP contribution in [0.25, 0.3) is 5.82 Å². The van der Waals surface area contributed by atoms with Gasteiger partial charge in [-0.15, -0.1) is 0 Å². The third-order valence-corrected chi connectivity index (χ3v) is 3.59. The second-order valence-corrected chi connectivity index (χ2v) is 6.05. The first-order valence-electron chi connectivity index (χ1n) is 5.33. The van der Waals surface area contributed by atoms with Crippen LogP contribution in [-0.4, -0.2) is 29.4 Å². The molecule has 0 atom stereocenters. The lowest BCUT2D eigenvalue weighted by Crippen LogP contribution is -2.08. The minimum atomic E-state index is -3.26. The minimum Gasteiger partial charge on any atom is -0.326 e. The Kier molecular flexibility index (Phi) is 3.18. The van der Waals surface area contributed by atoms with E-state index < -0.39 is 9.84 Å². The van der Waals surface area contributed by atoms with E-state index in [2.05, 4.69) is 10.1 Å². The molecule has 0 aliphatic rings. The maximum absolute atomic E-state index is 11.4. The van der Waals surface area contributed by atoms with Gasteiger partial charge in [-0.05, 0) is 13.0 Å². The van der Waals surface area contributed by atoms with Crippen molar-refractivity contribution in [2.45, 2.75) is 18.4 Å². The normalized spacial score (nSPS) is 11.7. The van der Waals surface area contributed by atoms with Gasteiger partial charge in [0.2, 0.25) is 0 Å². The van der Waals surface area contributed by atoms with Crippen LogP contribution in [0.2, 0.25) is 0 Å². The van der Waals surface area contributed by atoms with Gasteiger partial charge < -0.3 is 5.73 Å². The van der Waals surface area contributed by atoms with Crippen molar-refractivity contribution in [1.29, 1.82) is 0 Å². The summed E-state index contributed by atoms with van der Waals surface area (Å²) in [5.74, 6) is 0.562. The lowest BCUT2D eigenvalue weighted by molar-refractivity contribution is 0.602. The molecule has 2 aromatic heterocycles. The van der Waals surface area contributed by atoms with Gasteiger partial charge in [0.1, 0.15) is 4.90 Å². The highest BCUT2D eigenvalue weighted by molar-refractivity contribution is 7.90. The smallest absolute Gasteiger partial charge is 0.178 e. The standard InChI is InChI=1S/C11H14N4O2S/c1-8-3-4-9(5-12)11(14-8)15-7-10(6-13-15)18(2,16)17/h3-4,6-7H,5,12H2,1-2H3. The average molecular weight is 266 g/mol. The molecule has 2 heterocycles. The Morgan fingerprint density at radius 1 is 1.39 bits per heavy atom. The quantitative estimate of drug-likeness (QED) is 0.870. The molecular weight excluding hydrogens is 252 g/mol. The molecule has 18 heavy (non-hydrogen) atoms. The molecule has 0 radical (unpaired) electrons. The predicted molar refractivity (Wildman–Crippen MR) is 67.1 cm³/mol. The van der Waals surface area contributed by atoms with Crippen molar-refractivity contribution in [2.75, 3.05) is 6.26 Å². The Morgan fingerprint density at radius 2 is 2.11 bits per heavy atom. The highest BCUT2D eigenvalue weighted by atomic mass is 32.2. The summed E-state index contributed by atoms with van der Waals surface area (Å²) in [5.41, 5.74) is 7.26. The summed E-state index contributed by atoms with van der Waals surface area (Å²) in [6, 6.07) is 3.71. The van der Waals surface area contributed by atoms with Gasteiger partial charge in [-0.25, -0.2) is 18.1 Å². The van der Waals surface area contributed by atoms with Crippen LogP contribution in [0, 0.1) is 6.92 Å². The van der Waals surface area contributed by atoms with E-state index in [1.165, 1.54) is 17.1 Å². The van der Waals surface area contributed by atoms with Crippen molar-refractivity contribution >= 4 is 9.84 Å². The number of aromatic nitrogens is 3. The highest BCUT2D eigenvalue weighted by Gasteiger charge is 2.13. The lowest BCUT2D eigenvalue weighted by Gasteiger charge is -2.07. The summed E-state index contributed by atoms with van der Waals surface area (Å²) >= 11 is 0. The summed E-state index contributed by atoms with van der Waals surface area (Å²) in [5, 5.41) is 4.02. The Hall–Kier alpha value is -1.73. The second kappa shape index (κ2) is 4.51. The van der Waals surface area contributed by atoms with Gasteiger partial charge in [-0.3, -0.25) is 0 Å². The van der Waals surface area contributed by atoms with Crippen molar-refractivity contribution < 1.29 is 8.42 Å². The van der Waals surface area contributed by atoms with E-state index in [1.807, 2.05) is 19.1 Å². The van der Waals surface area contributed by atoms with E-state index in [0.29, 0.717) is 12.4 Å². The molecule has 0 bridgehead atoms. The molecule has 6 nitrogen and oxygen atoms in total. The van der Waals surface area contributed by atoms with Crippen molar-refractivity contribution in [3.8, 4) is 5.82 Å². The molecule has 96 valence electrons. The Bertz CT molecular complexity index is 676. The van der Waals surface area contributed by atoms with Crippen LogP contribution in [0.4, 0.5) is 0 Å². The molecule has 2 rings (SSSR count). The zero-order valence-corrected chi connectivity index (χ0v) is 11.0. The fraction of sp³-hybridized carbons (Fsp3) is 0.273. The van der Waals surface area contributed by atoms with Crippen molar-refractivity contribution in [3.63, 3.8) is 0 Å². The van der Waals surface area contributed by atoms with Gasteiger partial charge in [0.25, 0.3) is 0 Å². The van der Waals surface area contributed by atoms with E-state index in [9.17, 15) is 8.42 Å². The maximum atomic E-state index is 11.4. The van der Waals surface area contributed by atoms with Crippen molar-refractivity contribution in [2.24, 2.45) is 5.73 Å². The Balaban J connectivity index is 2.55. The zero-order valence-electron chi connectivity index (χ0n) is 10.2. The van der Waals surface area contributed by atoms with Crippen LogP contribution in [-0.2, 0) is 16.4 Å². The number of pyridine rings is 1. The molecule has 2 N–H and O–H groups in total. The van der Waals surface area contributed by atoms with Crippen LogP contribution >= 0.6 is 0 Å². The van der Waals surface area contributed by atoms with Crippen LogP contribution in [0.5, 0.6) is 0 Å². The van der Waals surface area contributed by atoms with Crippen LogP contribution in [0.1, 0.15) is 11.3 Å². The summed E-state index contributed by atoms with van der Waals surface area (Å²) in [4.78, 5) is 4.50. The molecule has 0 unspecified atom stereocenters. The number of hydrogen-bond donors (Lipinski definition) is 1. The van der Waals surface area contributed by atoms with Gasteiger partial charge in [0, 0.05) is 24.1 Å². The van der Waals surface area contributed by atoms with E-state index in [4.69, 9.17) is 5.73 Å². The fourth-order valence-electron chi connectivity index (χ4n) is 1.54. The van der Waals surface area contributed by atoms with Crippen LogP contribution in [0.3, 0.4) is 0 Å². The average Bonchev–Trinajstić information content (AvgIpc) is 2.77. The first-order chi connectivity index (χ1) is 8.41. The van der Waals surface area contributed by atoms with Gasteiger partial charge >= 0.3 is 0 Å². The number of nitrogens with zero attached hydrogens (tertiary/aromatic N) is 3. The summed E-state index contributed by atoms with van der Waals surface area (Å²) in [6.07, 6.45) is 3.89. The third-order valence-electron chi connectivity index (χ3n) is 2.52. The molecule has 0 fully saturated rings. The highest BCUT2D eigenvalue weighted by Crippen LogP contribution is 2.14. The van der Waals surface area contributed by atoms with Crippen molar-refractivity contribution in [3.05, 3.63) is 35.8 Å². The minimum absolute atomic E-state index is 0.161. The van der Waals surface area contributed by atoms with Gasteiger partial charge in [-0.1, -0.05) is 6.07 Å². The topological polar surface area (TPSA) is 90.9 Å². The number of aryl methyl sites for hydroxylation is 1. The van der Waals surface area contributed by atoms with E-state index in [0.717, 1.165) is 17.5 Å². The first-order valence-corrected chi connectivity index (χ1v) is 7.22. The van der Waals surface area contributed by atoms with Gasteiger partial charge in [-0.2, -0.15) is 5.10 Å². The van der Waals surface area contributed by atoms with E-state index in [1.54, 1.807) is 0 Å². The predicted octanol–water partition coefficient (Wildman–Crippen LogP) is 0.438. The molecule has 0 spiro atoms. The zero-order chi connectivity index (χ0) is 13.3. The number of hydrogen-bond acceptors (Lipinski definition) is 5. The monoisotopic (exact) mass is 266 g/mol. The summed E-state index contributed by atoms with van der Waals surface area (Å²) in [6.45, 7) is 2.17. The molecule has 0 aromatic carbocycles. The van der Waals surface area contributed by atoms with Gasteiger partial charge in [0.05, 0.1) is 12.4 Å². The molecule has 0 aliphatic heterocycles. The largest absolute Gasteiger partial charge is 0.326 e. The molecule has 0 saturated carbocycles. The molecule has 0 saturated heterocycles.